The molecule has 1 unspecified atom stereocenters. The van der Waals surface area contributed by atoms with Crippen molar-refractivity contribution in [3.05, 3.63) is 11.6 Å². The fourth-order valence-electron chi connectivity index (χ4n) is 2.49. The molecule has 1 N–H and O–H groups in total. The van der Waals surface area contributed by atoms with Crippen LogP contribution in [0, 0.1) is 5.92 Å². The summed E-state index contributed by atoms with van der Waals surface area (Å²) in [4.78, 5) is 14.2. The molecule has 3 nitrogen and oxygen atoms in total. The predicted molar refractivity (Wildman–Crippen MR) is 69.8 cm³/mol. The van der Waals surface area contributed by atoms with Gasteiger partial charge in [-0.15, -0.1) is 0 Å². The van der Waals surface area contributed by atoms with Crippen LogP contribution in [-0.4, -0.2) is 36.5 Å². The van der Waals surface area contributed by atoms with Gasteiger partial charge >= 0.3 is 0 Å². The van der Waals surface area contributed by atoms with Crippen molar-refractivity contribution in [1.82, 2.24) is 10.2 Å². The maximum Gasteiger partial charge on any atom is 0.246 e. The Hall–Kier alpha value is -0.830. The van der Waals surface area contributed by atoms with Crippen molar-refractivity contribution in [3.63, 3.8) is 0 Å². The van der Waals surface area contributed by atoms with Gasteiger partial charge in [0, 0.05) is 18.7 Å². The molecule has 1 saturated carbocycles. The molecular formula is C14H24N2O. The molecule has 1 atom stereocenters. The maximum absolute atomic E-state index is 12.1. The Balaban J connectivity index is 1.92. The van der Waals surface area contributed by atoms with Crippen LogP contribution in [0.4, 0.5) is 0 Å². The van der Waals surface area contributed by atoms with Crippen LogP contribution in [0.25, 0.3) is 0 Å². The van der Waals surface area contributed by atoms with E-state index in [1.165, 1.54) is 25.7 Å². The third kappa shape index (κ3) is 3.84. The van der Waals surface area contributed by atoms with E-state index in [1.54, 1.807) is 6.08 Å². The van der Waals surface area contributed by atoms with Crippen LogP contribution in [0.5, 0.6) is 0 Å². The normalized spacial score (nSPS) is 24.2. The van der Waals surface area contributed by atoms with E-state index < -0.39 is 0 Å². The summed E-state index contributed by atoms with van der Waals surface area (Å²) in [5.41, 5.74) is 1.10. The number of carbonyl (C=O) groups excluding carboxylic acids is 1. The van der Waals surface area contributed by atoms with Gasteiger partial charge in [0.2, 0.25) is 5.91 Å². The molecule has 17 heavy (non-hydrogen) atoms. The Bertz CT molecular complexity index is 297. The highest BCUT2D eigenvalue weighted by molar-refractivity contribution is 5.88. The predicted octanol–water partition coefficient (Wildman–Crippen LogP) is 1.94. The standard InChI is InChI=1S/C14H24N2O/c1-11(2)8-14(17)16(13-5-6-13)10-12-4-3-7-15-9-12/h8,12-13,15H,3-7,9-10H2,1-2H3. The van der Waals surface area contributed by atoms with Crippen molar-refractivity contribution in [2.75, 3.05) is 19.6 Å². The largest absolute Gasteiger partial charge is 0.336 e. The summed E-state index contributed by atoms with van der Waals surface area (Å²) in [6.07, 6.45) is 6.69. The molecule has 2 rings (SSSR count). The van der Waals surface area contributed by atoms with E-state index in [0.29, 0.717) is 12.0 Å². The highest BCUT2D eigenvalue weighted by Gasteiger charge is 2.33. The molecule has 1 aliphatic carbocycles. The molecule has 0 aromatic carbocycles. The van der Waals surface area contributed by atoms with Crippen molar-refractivity contribution in [2.24, 2.45) is 5.92 Å². The second-order valence-electron chi connectivity index (χ2n) is 5.66. The smallest absolute Gasteiger partial charge is 0.246 e. The van der Waals surface area contributed by atoms with Crippen molar-refractivity contribution in [2.45, 2.75) is 45.6 Å². The quantitative estimate of drug-likeness (QED) is 0.757. The number of nitrogens with zero attached hydrogens (tertiary/aromatic N) is 1. The zero-order chi connectivity index (χ0) is 12.3. The van der Waals surface area contributed by atoms with Gasteiger partial charge in [0.15, 0.2) is 0 Å². The van der Waals surface area contributed by atoms with Crippen LogP contribution in [0.2, 0.25) is 0 Å². The minimum atomic E-state index is 0.220. The molecular weight excluding hydrogens is 212 g/mol. The SMILES string of the molecule is CC(C)=CC(=O)N(CC1CCCNC1)C1CC1. The summed E-state index contributed by atoms with van der Waals surface area (Å²) >= 11 is 0. The molecule has 2 fully saturated rings. The lowest BCUT2D eigenvalue weighted by atomic mass is 9.99. The first-order chi connectivity index (χ1) is 8.16. The van der Waals surface area contributed by atoms with Gasteiger partial charge < -0.3 is 10.2 Å². The molecule has 0 spiro atoms. The fraction of sp³-hybridized carbons (Fsp3) is 0.786. The van der Waals surface area contributed by atoms with E-state index in [4.69, 9.17) is 0 Å². The molecule has 1 amide bonds. The summed E-state index contributed by atoms with van der Waals surface area (Å²) in [5, 5.41) is 3.43. The van der Waals surface area contributed by atoms with Gasteiger partial charge in [-0.1, -0.05) is 5.57 Å². The van der Waals surface area contributed by atoms with Gasteiger partial charge in [-0.25, -0.2) is 0 Å². The van der Waals surface area contributed by atoms with E-state index >= 15 is 0 Å². The monoisotopic (exact) mass is 236 g/mol. The van der Waals surface area contributed by atoms with Gasteiger partial charge in [-0.3, -0.25) is 4.79 Å². The fourth-order valence-corrected chi connectivity index (χ4v) is 2.49. The van der Waals surface area contributed by atoms with Crippen molar-refractivity contribution in [1.29, 1.82) is 0 Å². The molecule has 3 heteroatoms. The lowest BCUT2D eigenvalue weighted by molar-refractivity contribution is -0.127. The minimum Gasteiger partial charge on any atom is -0.336 e. The summed E-state index contributed by atoms with van der Waals surface area (Å²) in [5.74, 6) is 0.872. The second kappa shape index (κ2) is 5.67. The average Bonchev–Trinajstić information content (AvgIpc) is 3.10. The van der Waals surface area contributed by atoms with E-state index in [2.05, 4.69) is 10.2 Å². The van der Waals surface area contributed by atoms with Gasteiger partial charge in [-0.05, 0) is 58.5 Å². The van der Waals surface area contributed by atoms with Crippen molar-refractivity contribution in [3.8, 4) is 0 Å². The number of rotatable bonds is 4. The Kier molecular flexibility index (Phi) is 4.21. The molecule has 0 aromatic heterocycles. The summed E-state index contributed by atoms with van der Waals surface area (Å²) < 4.78 is 0. The number of hydrogen-bond donors (Lipinski definition) is 1. The average molecular weight is 236 g/mol. The number of nitrogens with one attached hydrogen (secondary N) is 1. The van der Waals surface area contributed by atoms with E-state index in [9.17, 15) is 4.79 Å². The number of amides is 1. The highest BCUT2D eigenvalue weighted by atomic mass is 16.2. The van der Waals surface area contributed by atoms with Gasteiger partial charge in [0.25, 0.3) is 0 Å². The Morgan fingerprint density at radius 1 is 1.35 bits per heavy atom. The summed E-state index contributed by atoms with van der Waals surface area (Å²) in [6.45, 7) is 7.14. The maximum atomic E-state index is 12.1. The number of piperidine rings is 1. The highest BCUT2D eigenvalue weighted by Crippen LogP contribution is 2.29. The molecule has 1 saturated heterocycles. The first-order valence-corrected chi connectivity index (χ1v) is 6.83. The van der Waals surface area contributed by atoms with Crippen LogP contribution in [-0.2, 0) is 4.79 Å². The molecule has 1 aliphatic heterocycles. The molecule has 0 radical (unpaired) electrons. The Labute approximate surface area is 104 Å². The molecule has 0 aromatic rings. The lowest BCUT2D eigenvalue weighted by Gasteiger charge is -2.29. The summed E-state index contributed by atoms with van der Waals surface area (Å²) in [6, 6.07) is 0.528. The van der Waals surface area contributed by atoms with Crippen LogP contribution in [0.3, 0.4) is 0 Å². The first-order valence-electron chi connectivity index (χ1n) is 6.83. The first kappa shape index (κ1) is 12.6. The number of carbonyl (C=O) groups is 1. The lowest BCUT2D eigenvalue weighted by Crippen LogP contribution is -2.41. The van der Waals surface area contributed by atoms with Gasteiger partial charge in [-0.2, -0.15) is 0 Å². The number of allylic oxidation sites excluding steroid dienone is 1. The van der Waals surface area contributed by atoms with Crippen molar-refractivity contribution >= 4 is 5.91 Å². The Morgan fingerprint density at radius 2 is 2.12 bits per heavy atom. The topological polar surface area (TPSA) is 32.3 Å². The van der Waals surface area contributed by atoms with E-state index in [1.807, 2.05) is 13.8 Å². The van der Waals surface area contributed by atoms with E-state index in [-0.39, 0.29) is 5.91 Å². The Morgan fingerprint density at radius 3 is 2.65 bits per heavy atom. The molecule has 1 heterocycles. The number of hydrogen-bond acceptors (Lipinski definition) is 2. The van der Waals surface area contributed by atoms with Gasteiger partial charge in [0.1, 0.15) is 0 Å². The third-order valence-corrected chi connectivity index (χ3v) is 3.54. The van der Waals surface area contributed by atoms with Crippen LogP contribution < -0.4 is 5.32 Å². The van der Waals surface area contributed by atoms with Crippen molar-refractivity contribution < 1.29 is 4.79 Å². The summed E-state index contributed by atoms with van der Waals surface area (Å²) in [7, 11) is 0. The third-order valence-electron chi connectivity index (χ3n) is 3.54. The van der Waals surface area contributed by atoms with Crippen LogP contribution in [0.1, 0.15) is 39.5 Å². The molecule has 0 bridgehead atoms. The van der Waals surface area contributed by atoms with E-state index in [0.717, 1.165) is 25.2 Å². The molecule has 2 aliphatic rings. The molecule has 96 valence electrons. The zero-order valence-electron chi connectivity index (χ0n) is 11.0. The zero-order valence-corrected chi connectivity index (χ0v) is 11.0. The van der Waals surface area contributed by atoms with Gasteiger partial charge in [0.05, 0.1) is 0 Å². The second-order valence-corrected chi connectivity index (χ2v) is 5.66. The van der Waals surface area contributed by atoms with Crippen LogP contribution in [0.15, 0.2) is 11.6 Å². The minimum absolute atomic E-state index is 0.220. The van der Waals surface area contributed by atoms with Crippen LogP contribution >= 0.6 is 0 Å².